The van der Waals surface area contributed by atoms with Gasteiger partial charge >= 0.3 is 0 Å². The first-order valence-corrected chi connectivity index (χ1v) is 14.5. The quantitative estimate of drug-likeness (QED) is 0.421. The van der Waals surface area contributed by atoms with Crippen LogP contribution in [0.15, 0.2) is 42.5 Å². The molecule has 0 aliphatic carbocycles. The molecule has 198 valence electrons. The van der Waals surface area contributed by atoms with Crippen molar-refractivity contribution in [2.75, 3.05) is 17.1 Å². The first-order chi connectivity index (χ1) is 16.8. The summed E-state index contributed by atoms with van der Waals surface area (Å²) in [7, 11) is -3.54. The molecule has 36 heavy (non-hydrogen) atoms. The minimum Gasteiger partial charge on any atom is -0.352 e. The third-order valence-electron chi connectivity index (χ3n) is 6.08. The van der Waals surface area contributed by atoms with Gasteiger partial charge < -0.3 is 10.2 Å². The third kappa shape index (κ3) is 8.23. The fraction of sp³-hybridized carbons (Fsp3) is 0.481. The molecule has 0 aliphatic heterocycles. The zero-order valence-corrected chi connectivity index (χ0v) is 23.6. The molecule has 2 aromatic rings. The van der Waals surface area contributed by atoms with Gasteiger partial charge in [0.25, 0.3) is 0 Å². The van der Waals surface area contributed by atoms with E-state index in [9.17, 15) is 18.0 Å². The monoisotopic (exact) mass is 535 g/mol. The second kappa shape index (κ2) is 13.1. The van der Waals surface area contributed by atoms with E-state index in [4.69, 9.17) is 11.6 Å². The van der Waals surface area contributed by atoms with Gasteiger partial charge in [0.2, 0.25) is 21.8 Å². The molecule has 0 spiro atoms. The number of sulfonamides is 1. The van der Waals surface area contributed by atoms with Crippen molar-refractivity contribution in [1.82, 2.24) is 10.2 Å². The number of benzene rings is 2. The Labute approximate surface area is 220 Å². The average molecular weight is 536 g/mol. The highest BCUT2D eigenvalue weighted by Crippen LogP contribution is 2.25. The summed E-state index contributed by atoms with van der Waals surface area (Å²) in [5.74, 6) is -0.409. The Kier molecular flexibility index (Phi) is 10.8. The van der Waals surface area contributed by atoms with Crippen molar-refractivity contribution in [3.05, 3.63) is 64.2 Å². The average Bonchev–Trinajstić information content (AvgIpc) is 2.78. The van der Waals surface area contributed by atoms with E-state index in [2.05, 4.69) is 5.32 Å². The van der Waals surface area contributed by atoms with Gasteiger partial charge in [-0.1, -0.05) is 42.8 Å². The molecule has 0 radical (unpaired) electrons. The number of anilines is 1. The molecule has 0 fully saturated rings. The number of hydrogen-bond donors (Lipinski definition) is 1. The number of carbonyl (C=O) groups excluding carboxylic acids is 2. The maximum Gasteiger partial charge on any atom is 0.243 e. The van der Waals surface area contributed by atoms with Gasteiger partial charge in [-0.05, 0) is 75.4 Å². The van der Waals surface area contributed by atoms with Crippen molar-refractivity contribution in [3.8, 4) is 0 Å². The molecule has 0 heterocycles. The van der Waals surface area contributed by atoms with Crippen molar-refractivity contribution < 1.29 is 18.0 Å². The van der Waals surface area contributed by atoms with Gasteiger partial charge in [0.1, 0.15) is 6.04 Å². The summed E-state index contributed by atoms with van der Waals surface area (Å²) in [6.07, 6.45) is 2.05. The number of rotatable bonds is 12. The van der Waals surface area contributed by atoms with Gasteiger partial charge in [-0.2, -0.15) is 0 Å². The lowest BCUT2D eigenvalue weighted by Gasteiger charge is -2.31. The van der Waals surface area contributed by atoms with Crippen molar-refractivity contribution in [1.29, 1.82) is 0 Å². The fourth-order valence-electron chi connectivity index (χ4n) is 4.07. The number of carbonyl (C=O) groups is 2. The van der Waals surface area contributed by atoms with Crippen LogP contribution >= 0.6 is 11.6 Å². The summed E-state index contributed by atoms with van der Waals surface area (Å²) in [5, 5.41) is 3.50. The largest absolute Gasteiger partial charge is 0.352 e. The number of hydrogen-bond acceptors (Lipinski definition) is 4. The summed E-state index contributed by atoms with van der Waals surface area (Å²) in [4.78, 5) is 28.0. The lowest BCUT2D eigenvalue weighted by atomic mass is 10.1. The van der Waals surface area contributed by atoms with E-state index in [-0.39, 0.29) is 37.4 Å². The van der Waals surface area contributed by atoms with Crippen molar-refractivity contribution in [2.24, 2.45) is 0 Å². The molecule has 0 aliphatic rings. The Morgan fingerprint density at radius 2 is 1.69 bits per heavy atom. The minimum atomic E-state index is -3.54. The van der Waals surface area contributed by atoms with Crippen LogP contribution in [0.1, 0.15) is 56.7 Å². The number of aryl methyl sites for hydroxylation is 1. The zero-order chi connectivity index (χ0) is 27.0. The van der Waals surface area contributed by atoms with E-state index in [1.807, 2.05) is 58.9 Å². The van der Waals surface area contributed by atoms with Crippen LogP contribution in [-0.4, -0.2) is 50.0 Å². The second-order valence-electron chi connectivity index (χ2n) is 9.39. The molecular formula is C27H38ClN3O4S. The minimum absolute atomic E-state index is 0.0556. The highest BCUT2D eigenvalue weighted by Gasteiger charge is 2.29. The number of amides is 2. The topological polar surface area (TPSA) is 86.8 Å². The molecule has 0 saturated heterocycles. The van der Waals surface area contributed by atoms with Gasteiger partial charge in [-0.25, -0.2) is 8.42 Å². The summed E-state index contributed by atoms with van der Waals surface area (Å²) in [5.41, 5.74) is 3.35. The van der Waals surface area contributed by atoms with Crippen LogP contribution in [-0.2, 0) is 26.2 Å². The number of halogens is 1. The molecule has 9 heteroatoms. The molecule has 1 atom stereocenters. The molecule has 2 amide bonds. The van der Waals surface area contributed by atoms with E-state index in [1.54, 1.807) is 23.1 Å². The zero-order valence-electron chi connectivity index (χ0n) is 22.0. The molecule has 0 bridgehead atoms. The smallest absolute Gasteiger partial charge is 0.243 e. The van der Waals surface area contributed by atoms with Crippen LogP contribution in [0.4, 0.5) is 5.69 Å². The Hall–Kier alpha value is -2.58. The van der Waals surface area contributed by atoms with Gasteiger partial charge in [0.05, 0.1) is 11.9 Å². The van der Waals surface area contributed by atoms with E-state index in [1.165, 1.54) is 10.6 Å². The van der Waals surface area contributed by atoms with Crippen LogP contribution < -0.4 is 9.62 Å². The molecule has 0 aromatic heterocycles. The molecule has 1 N–H and O–H groups in total. The molecule has 0 unspecified atom stereocenters. The second-order valence-corrected chi connectivity index (χ2v) is 11.7. The van der Waals surface area contributed by atoms with Gasteiger partial charge in [0, 0.05) is 30.6 Å². The van der Waals surface area contributed by atoms with E-state index in [0.717, 1.165) is 16.7 Å². The number of nitrogens with zero attached hydrogens (tertiary/aromatic N) is 2. The lowest BCUT2D eigenvalue weighted by molar-refractivity contribution is -0.141. The highest BCUT2D eigenvalue weighted by atomic mass is 35.5. The van der Waals surface area contributed by atoms with Crippen molar-refractivity contribution in [3.63, 3.8) is 0 Å². The highest BCUT2D eigenvalue weighted by molar-refractivity contribution is 7.92. The fourth-order valence-corrected chi connectivity index (χ4v) is 5.22. The molecule has 2 rings (SSSR count). The Morgan fingerprint density at radius 3 is 2.25 bits per heavy atom. The van der Waals surface area contributed by atoms with E-state index < -0.39 is 16.1 Å². The Bertz CT molecular complexity index is 1150. The Balaban J connectivity index is 2.24. The van der Waals surface area contributed by atoms with E-state index >= 15 is 0 Å². The third-order valence-corrected chi connectivity index (χ3v) is 7.51. The maximum absolute atomic E-state index is 13.4. The lowest BCUT2D eigenvalue weighted by Crippen LogP contribution is -2.50. The molecule has 7 nitrogen and oxygen atoms in total. The Morgan fingerprint density at radius 1 is 1.06 bits per heavy atom. The first-order valence-electron chi connectivity index (χ1n) is 12.2. The van der Waals surface area contributed by atoms with Gasteiger partial charge in [-0.3, -0.25) is 13.9 Å². The molecule has 0 saturated carbocycles. The first kappa shape index (κ1) is 29.6. The van der Waals surface area contributed by atoms with Crippen LogP contribution in [0, 0.1) is 13.8 Å². The summed E-state index contributed by atoms with van der Waals surface area (Å²) in [6.45, 7) is 9.88. The van der Waals surface area contributed by atoms with Crippen LogP contribution in [0.3, 0.4) is 0 Å². The summed E-state index contributed by atoms with van der Waals surface area (Å²) < 4.78 is 26.5. The van der Waals surface area contributed by atoms with Crippen LogP contribution in [0.5, 0.6) is 0 Å². The number of nitrogens with one attached hydrogen (secondary N) is 1. The van der Waals surface area contributed by atoms with Gasteiger partial charge in [0.15, 0.2) is 0 Å². The van der Waals surface area contributed by atoms with Crippen LogP contribution in [0.25, 0.3) is 0 Å². The SMILES string of the molecule is CC[C@@H](C(=O)NC(C)C)N(Cc1ccc(Cl)cc1)C(=O)CCCN(c1cccc(C)c1C)S(C)(=O)=O. The normalized spacial score (nSPS) is 12.3. The molecular weight excluding hydrogens is 498 g/mol. The summed E-state index contributed by atoms with van der Waals surface area (Å²) in [6, 6.07) is 12.0. The van der Waals surface area contributed by atoms with Crippen molar-refractivity contribution in [2.45, 2.75) is 72.5 Å². The predicted octanol–water partition coefficient (Wildman–Crippen LogP) is 4.84. The van der Waals surface area contributed by atoms with Gasteiger partial charge in [-0.15, -0.1) is 0 Å². The summed E-state index contributed by atoms with van der Waals surface area (Å²) >= 11 is 6.02. The standard InChI is InChI=1S/C27H38ClN3O4S/c1-7-24(27(33)29-19(2)3)30(18-22-13-15-23(28)16-14-22)26(32)12-9-17-31(36(6,34)35)25-11-8-10-20(4)21(25)5/h8,10-11,13-16,19,24H,7,9,12,17-18H2,1-6H3,(H,29,33)/t24-/m0/s1. The maximum atomic E-state index is 13.4. The van der Waals surface area contributed by atoms with Crippen LogP contribution in [0.2, 0.25) is 5.02 Å². The van der Waals surface area contributed by atoms with Crippen molar-refractivity contribution >= 4 is 39.1 Å². The van der Waals surface area contributed by atoms with E-state index in [0.29, 0.717) is 23.6 Å². The molecule has 2 aromatic carbocycles. The predicted molar refractivity (Wildman–Crippen MR) is 147 cm³/mol.